The fourth-order valence-electron chi connectivity index (χ4n) is 3.73. The zero-order chi connectivity index (χ0) is 23.9. The van der Waals surface area contributed by atoms with E-state index in [1.807, 2.05) is 50.2 Å². The fraction of sp³-hybridized carbons (Fsp3) is 0.200. The molecule has 1 saturated heterocycles. The molecule has 33 heavy (non-hydrogen) atoms. The second-order valence-corrected chi connectivity index (χ2v) is 8.83. The summed E-state index contributed by atoms with van der Waals surface area (Å²) in [7, 11) is 1.27. The Hall–Kier alpha value is -3.78. The normalized spacial score (nSPS) is 17.5. The van der Waals surface area contributed by atoms with E-state index < -0.39 is 23.7 Å². The van der Waals surface area contributed by atoms with Crippen molar-refractivity contribution in [2.75, 3.05) is 12.0 Å². The molecule has 1 amide bonds. The third-order valence-electron chi connectivity index (χ3n) is 5.52. The highest BCUT2D eigenvalue weighted by molar-refractivity contribution is 7.17. The molecule has 0 bridgehead atoms. The zero-order valence-electron chi connectivity index (χ0n) is 18.6. The van der Waals surface area contributed by atoms with Crippen molar-refractivity contribution < 1.29 is 24.2 Å². The molecule has 3 aromatic rings. The van der Waals surface area contributed by atoms with Crippen LogP contribution in [0.1, 0.15) is 43.7 Å². The number of carbonyl (C=O) groups is 3. The number of methoxy groups -OCH3 is 1. The first-order valence-corrected chi connectivity index (χ1v) is 11.0. The molecule has 2 heterocycles. The second-order valence-electron chi connectivity index (χ2n) is 7.85. The van der Waals surface area contributed by atoms with Crippen molar-refractivity contribution in [2.24, 2.45) is 0 Å². The first-order valence-electron chi connectivity index (χ1n) is 10.2. The van der Waals surface area contributed by atoms with Crippen molar-refractivity contribution in [3.05, 3.63) is 86.9 Å². The van der Waals surface area contributed by atoms with Gasteiger partial charge in [0.2, 0.25) is 0 Å². The van der Waals surface area contributed by atoms with E-state index in [9.17, 15) is 19.5 Å². The minimum atomic E-state index is -0.900. The Bertz CT molecular complexity index is 1290. The first-order chi connectivity index (χ1) is 15.7. The molecule has 1 aliphatic heterocycles. The molecule has 0 radical (unpaired) electrons. The van der Waals surface area contributed by atoms with Gasteiger partial charge in [0.25, 0.3) is 5.78 Å². The molecular formula is C25H22N2O5S. The Kier molecular flexibility index (Phi) is 5.86. The van der Waals surface area contributed by atoms with Crippen LogP contribution in [0.5, 0.6) is 0 Å². The van der Waals surface area contributed by atoms with Gasteiger partial charge in [-0.2, -0.15) is 0 Å². The number of aromatic nitrogens is 1. The number of aliphatic hydroxyl groups excluding tert-OH is 1. The van der Waals surface area contributed by atoms with E-state index in [1.54, 1.807) is 19.1 Å². The van der Waals surface area contributed by atoms with Crippen molar-refractivity contribution >= 4 is 39.9 Å². The fourth-order valence-corrected chi connectivity index (χ4v) is 4.74. The summed E-state index contributed by atoms with van der Waals surface area (Å²) in [5, 5.41) is 11.3. The first kappa shape index (κ1) is 22.4. The van der Waals surface area contributed by atoms with Gasteiger partial charge in [0.1, 0.15) is 10.6 Å². The largest absolute Gasteiger partial charge is 0.507 e. The van der Waals surface area contributed by atoms with Gasteiger partial charge in [-0.25, -0.2) is 9.78 Å². The van der Waals surface area contributed by atoms with Crippen LogP contribution >= 0.6 is 11.3 Å². The summed E-state index contributed by atoms with van der Waals surface area (Å²) in [6, 6.07) is 13.5. The van der Waals surface area contributed by atoms with Gasteiger partial charge in [0.15, 0.2) is 5.13 Å². The van der Waals surface area contributed by atoms with Crippen LogP contribution in [0.25, 0.3) is 5.76 Å². The number of Topliss-reactive ketones (excluding diaryl/α,β-unsaturated/α-hetero) is 1. The Morgan fingerprint density at radius 3 is 2.15 bits per heavy atom. The van der Waals surface area contributed by atoms with Crippen molar-refractivity contribution in [3.8, 4) is 0 Å². The molecule has 168 valence electrons. The molecule has 1 fully saturated rings. The number of hydrogen-bond donors (Lipinski definition) is 1. The summed E-state index contributed by atoms with van der Waals surface area (Å²) in [4.78, 5) is 44.4. The van der Waals surface area contributed by atoms with E-state index in [2.05, 4.69) is 4.98 Å². The number of hydrogen-bond acceptors (Lipinski definition) is 7. The Labute approximate surface area is 195 Å². The van der Waals surface area contributed by atoms with Gasteiger partial charge >= 0.3 is 11.9 Å². The molecule has 1 aliphatic rings. The summed E-state index contributed by atoms with van der Waals surface area (Å²) >= 11 is 0.971. The third-order valence-corrected chi connectivity index (χ3v) is 6.66. The lowest BCUT2D eigenvalue weighted by atomic mass is 9.94. The predicted molar refractivity (Wildman–Crippen MR) is 125 cm³/mol. The topological polar surface area (TPSA) is 96.8 Å². The van der Waals surface area contributed by atoms with E-state index in [0.29, 0.717) is 16.8 Å². The zero-order valence-corrected chi connectivity index (χ0v) is 19.4. The maximum Gasteiger partial charge on any atom is 0.350 e. The standard InChI is InChI=1S/C25H22N2O5S/c1-13-5-9-16(10-6-13)19-18(20(28)17-11-7-14(2)8-12-17)21(29)23(30)27(19)25-26-15(3)22(33-25)24(31)32-4/h5-12,19,28H,1-4H3/b20-18+/t19-/m1/s1. The molecule has 4 rings (SSSR count). The lowest BCUT2D eigenvalue weighted by molar-refractivity contribution is -0.132. The maximum atomic E-state index is 13.2. The SMILES string of the molecule is COC(=O)c1sc(N2C(=O)C(=O)/C(=C(/O)c3ccc(C)cc3)[C@H]2c2ccc(C)cc2)nc1C. The van der Waals surface area contributed by atoms with Gasteiger partial charge in [-0.05, 0) is 26.3 Å². The van der Waals surface area contributed by atoms with E-state index in [1.165, 1.54) is 12.0 Å². The Balaban J connectivity index is 1.93. The smallest absolute Gasteiger partial charge is 0.350 e. The molecule has 0 saturated carbocycles. The maximum absolute atomic E-state index is 13.2. The van der Waals surface area contributed by atoms with Crippen LogP contribution in [0.2, 0.25) is 0 Å². The number of benzene rings is 2. The van der Waals surface area contributed by atoms with Crippen LogP contribution < -0.4 is 4.90 Å². The number of amides is 1. The summed E-state index contributed by atoms with van der Waals surface area (Å²) in [6.07, 6.45) is 0. The number of esters is 1. The van der Waals surface area contributed by atoms with Crippen molar-refractivity contribution in [3.63, 3.8) is 0 Å². The number of ether oxygens (including phenoxy) is 1. The lowest BCUT2D eigenvalue weighted by Gasteiger charge is -2.23. The molecule has 1 atom stereocenters. The number of thiazole rings is 1. The minimum Gasteiger partial charge on any atom is -0.507 e. The van der Waals surface area contributed by atoms with E-state index in [4.69, 9.17) is 4.74 Å². The Morgan fingerprint density at radius 2 is 1.58 bits per heavy atom. The second kappa shape index (κ2) is 8.63. The molecule has 0 unspecified atom stereocenters. The number of aryl methyl sites for hydroxylation is 3. The molecule has 2 aromatic carbocycles. The molecule has 7 nitrogen and oxygen atoms in total. The monoisotopic (exact) mass is 462 g/mol. The molecular weight excluding hydrogens is 440 g/mol. The van der Waals surface area contributed by atoms with Crippen molar-refractivity contribution in [1.82, 2.24) is 4.98 Å². The number of aliphatic hydroxyl groups is 1. The quantitative estimate of drug-likeness (QED) is 0.266. The summed E-state index contributed by atoms with van der Waals surface area (Å²) in [5.74, 6) is -2.47. The molecule has 0 aliphatic carbocycles. The van der Waals surface area contributed by atoms with Crippen LogP contribution in [0, 0.1) is 20.8 Å². The molecule has 8 heteroatoms. The van der Waals surface area contributed by atoms with Crippen LogP contribution in [-0.2, 0) is 14.3 Å². The number of nitrogens with zero attached hydrogens (tertiary/aromatic N) is 2. The van der Waals surface area contributed by atoms with Gasteiger partial charge in [0, 0.05) is 5.56 Å². The highest BCUT2D eigenvalue weighted by Crippen LogP contribution is 2.43. The van der Waals surface area contributed by atoms with Gasteiger partial charge in [-0.3, -0.25) is 14.5 Å². The van der Waals surface area contributed by atoms with E-state index >= 15 is 0 Å². The number of ketones is 1. The van der Waals surface area contributed by atoms with Crippen molar-refractivity contribution in [1.29, 1.82) is 0 Å². The van der Waals surface area contributed by atoms with Crippen LogP contribution in [0.3, 0.4) is 0 Å². The summed E-state index contributed by atoms with van der Waals surface area (Å²) in [6.45, 7) is 5.48. The van der Waals surface area contributed by atoms with E-state index in [-0.39, 0.29) is 21.3 Å². The summed E-state index contributed by atoms with van der Waals surface area (Å²) in [5.41, 5.74) is 3.44. The highest BCUT2D eigenvalue weighted by Gasteiger charge is 2.48. The summed E-state index contributed by atoms with van der Waals surface area (Å²) < 4.78 is 4.80. The molecule has 0 spiro atoms. The molecule has 1 aromatic heterocycles. The van der Waals surface area contributed by atoms with Gasteiger partial charge in [-0.15, -0.1) is 0 Å². The van der Waals surface area contributed by atoms with Crippen LogP contribution in [0.15, 0.2) is 54.1 Å². The Morgan fingerprint density at radius 1 is 1.00 bits per heavy atom. The van der Waals surface area contributed by atoms with Gasteiger partial charge in [0.05, 0.1) is 24.4 Å². The average molecular weight is 463 g/mol. The van der Waals surface area contributed by atoms with E-state index in [0.717, 1.165) is 22.5 Å². The number of rotatable bonds is 4. The molecule has 1 N–H and O–H groups in total. The highest BCUT2D eigenvalue weighted by atomic mass is 32.1. The van der Waals surface area contributed by atoms with Gasteiger partial charge in [-0.1, -0.05) is 71.0 Å². The number of carbonyl (C=O) groups excluding carboxylic acids is 3. The third kappa shape index (κ3) is 3.93. The minimum absolute atomic E-state index is 0.0276. The number of anilines is 1. The average Bonchev–Trinajstić information content (AvgIpc) is 3.31. The lowest BCUT2D eigenvalue weighted by Crippen LogP contribution is -2.29. The predicted octanol–water partition coefficient (Wildman–Crippen LogP) is 4.48. The van der Waals surface area contributed by atoms with Crippen molar-refractivity contribution in [2.45, 2.75) is 26.8 Å². The van der Waals surface area contributed by atoms with Crippen LogP contribution in [0.4, 0.5) is 5.13 Å². The van der Waals surface area contributed by atoms with Gasteiger partial charge < -0.3 is 9.84 Å². The van der Waals surface area contributed by atoms with Crippen LogP contribution in [-0.4, -0.2) is 34.9 Å².